The van der Waals surface area contributed by atoms with Crippen molar-refractivity contribution in [3.63, 3.8) is 0 Å². The highest BCUT2D eigenvalue weighted by molar-refractivity contribution is 8.00. The molecule has 6 nitrogen and oxygen atoms in total. The standard InChI is InChI=1S/C13H16N2O4S/c1-9-7-15(4-5-19-9)12(16)8-20-10-2-3-14-11(6-10)13(17)18/h2-3,6,9H,4-5,7-8H2,1H3,(H,17,18). The minimum atomic E-state index is -1.07. The van der Waals surface area contributed by atoms with Crippen molar-refractivity contribution >= 4 is 23.6 Å². The zero-order chi connectivity index (χ0) is 14.5. The average Bonchev–Trinajstić information content (AvgIpc) is 2.45. The largest absolute Gasteiger partial charge is 0.477 e. The number of nitrogens with zero attached hydrogens (tertiary/aromatic N) is 2. The maximum atomic E-state index is 12.1. The van der Waals surface area contributed by atoms with Crippen molar-refractivity contribution < 1.29 is 19.4 Å². The molecule has 1 aromatic heterocycles. The van der Waals surface area contributed by atoms with Crippen LogP contribution in [0.1, 0.15) is 17.4 Å². The van der Waals surface area contributed by atoms with Gasteiger partial charge in [-0.3, -0.25) is 4.79 Å². The molecule has 1 atom stereocenters. The van der Waals surface area contributed by atoms with Gasteiger partial charge in [0.05, 0.1) is 18.5 Å². The summed E-state index contributed by atoms with van der Waals surface area (Å²) in [7, 11) is 0. The Labute approximate surface area is 121 Å². The van der Waals surface area contributed by atoms with E-state index in [1.54, 1.807) is 11.0 Å². The van der Waals surface area contributed by atoms with Crippen LogP contribution in [0.4, 0.5) is 0 Å². The van der Waals surface area contributed by atoms with Gasteiger partial charge >= 0.3 is 5.97 Å². The Bertz CT molecular complexity index is 509. The monoisotopic (exact) mass is 296 g/mol. The minimum Gasteiger partial charge on any atom is -0.477 e. The molecule has 2 rings (SSSR count). The highest BCUT2D eigenvalue weighted by Gasteiger charge is 2.21. The number of carboxylic acid groups (broad SMARTS) is 1. The van der Waals surface area contributed by atoms with Crippen LogP contribution in [-0.2, 0) is 9.53 Å². The first-order valence-corrected chi connectivity index (χ1v) is 7.26. The van der Waals surface area contributed by atoms with Gasteiger partial charge in [-0.2, -0.15) is 0 Å². The summed E-state index contributed by atoms with van der Waals surface area (Å²) in [6, 6.07) is 3.18. The Kier molecular flexibility index (Phi) is 4.97. The third kappa shape index (κ3) is 3.94. The lowest BCUT2D eigenvalue weighted by atomic mass is 10.3. The Morgan fingerprint density at radius 3 is 3.10 bits per heavy atom. The molecule has 0 aliphatic carbocycles. The first-order valence-electron chi connectivity index (χ1n) is 6.28. The first kappa shape index (κ1) is 14.8. The zero-order valence-electron chi connectivity index (χ0n) is 11.1. The van der Waals surface area contributed by atoms with Crippen molar-refractivity contribution in [1.29, 1.82) is 0 Å². The van der Waals surface area contributed by atoms with E-state index in [4.69, 9.17) is 9.84 Å². The Balaban J connectivity index is 1.89. The maximum absolute atomic E-state index is 12.1. The summed E-state index contributed by atoms with van der Waals surface area (Å²) in [5.41, 5.74) is -0.0116. The molecule has 0 saturated carbocycles. The van der Waals surface area contributed by atoms with Gasteiger partial charge in [-0.15, -0.1) is 11.8 Å². The van der Waals surface area contributed by atoms with Crippen molar-refractivity contribution in [2.75, 3.05) is 25.4 Å². The van der Waals surface area contributed by atoms with Gasteiger partial charge in [0.2, 0.25) is 5.91 Å². The van der Waals surface area contributed by atoms with E-state index in [2.05, 4.69) is 4.98 Å². The molecule has 0 radical (unpaired) electrons. The van der Waals surface area contributed by atoms with Gasteiger partial charge in [0.25, 0.3) is 0 Å². The van der Waals surface area contributed by atoms with E-state index >= 15 is 0 Å². The number of aromatic carboxylic acids is 1. The molecule has 0 spiro atoms. The van der Waals surface area contributed by atoms with E-state index in [-0.39, 0.29) is 23.5 Å². The molecule has 1 unspecified atom stereocenters. The number of carboxylic acids is 1. The van der Waals surface area contributed by atoms with Crippen molar-refractivity contribution in [1.82, 2.24) is 9.88 Å². The topological polar surface area (TPSA) is 79.7 Å². The molecule has 7 heteroatoms. The summed E-state index contributed by atoms with van der Waals surface area (Å²) in [5.74, 6) is -0.741. The summed E-state index contributed by atoms with van der Waals surface area (Å²) < 4.78 is 5.39. The fourth-order valence-electron chi connectivity index (χ4n) is 1.90. The van der Waals surface area contributed by atoms with Gasteiger partial charge in [-0.25, -0.2) is 9.78 Å². The molecule has 2 heterocycles. The van der Waals surface area contributed by atoms with Crippen LogP contribution in [0.2, 0.25) is 0 Å². The van der Waals surface area contributed by atoms with Crippen molar-refractivity contribution in [3.8, 4) is 0 Å². The number of hydrogen-bond acceptors (Lipinski definition) is 5. The maximum Gasteiger partial charge on any atom is 0.354 e. The van der Waals surface area contributed by atoms with Crippen LogP contribution >= 0.6 is 11.8 Å². The van der Waals surface area contributed by atoms with Gasteiger partial charge in [0, 0.05) is 24.2 Å². The number of pyridine rings is 1. The molecular weight excluding hydrogens is 280 g/mol. The van der Waals surface area contributed by atoms with Gasteiger partial charge in [0.1, 0.15) is 5.69 Å². The number of carbonyl (C=O) groups is 2. The molecule has 20 heavy (non-hydrogen) atoms. The molecule has 0 aromatic carbocycles. The number of amides is 1. The van der Waals surface area contributed by atoms with Crippen molar-refractivity contribution in [2.45, 2.75) is 17.9 Å². The molecule has 108 valence electrons. The summed E-state index contributed by atoms with van der Waals surface area (Å²) in [4.78, 5) is 29.1. The molecule has 1 aliphatic rings. The van der Waals surface area contributed by atoms with E-state index in [1.807, 2.05) is 6.92 Å². The number of ether oxygens (including phenoxy) is 1. The zero-order valence-corrected chi connectivity index (χ0v) is 11.9. The molecule has 1 amide bonds. The minimum absolute atomic E-state index is 0.0116. The van der Waals surface area contributed by atoms with Gasteiger partial charge in [0.15, 0.2) is 0 Å². The lowest BCUT2D eigenvalue weighted by molar-refractivity contribution is -0.135. The number of aromatic nitrogens is 1. The quantitative estimate of drug-likeness (QED) is 0.839. The van der Waals surface area contributed by atoms with Gasteiger partial charge < -0.3 is 14.7 Å². The third-order valence-corrected chi connectivity index (χ3v) is 3.89. The summed E-state index contributed by atoms with van der Waals surface area (Å²) in [5, 5.41) is 8.86. The van der Waals surface area contributed by atoms with Gasteiger partial charge in [-0.05, 0) is 19.1 Å². The van der Waals surface area contributed by atoms with Crippen LogP contribution in [0.15, 0.2) is 23.2 Å². The smallest absolute Gasteiger partial charge is 0.354 e. The van der Waals surface area contributed by atoms with Crippen LogP contribution in [0.5, 0.6) is 0 Å². The Morgan fingerprint density at radius 2 is 2.40 bits per heavy atom. The summed E-state index contributed by atoms with van der Waals surface area (Å²) >= 11 is 1.32. The van der Waals surface area contributed by atoms with Crippen LogP contribution in [0.3, 0.4) is 0 Å². The van der Waals surface area contributed by atoms with Crippen molar-refractivity contribution in [3.05, 3.63) is 24.0 Å². The van der Waals surface area contributed by atoms with Crippen LogP contribution in [0, 0.1) is 0 Å². The molecule has 1 aliphatic heterocycles. The second-order valence-electron chi connectivity index (χ2n) is 4.49. The second kappa shape index (κ2) is 6.71. The van der Waals surface area contributed by atoms with E-state index in [1.165, 1.54) is 24.0 Å². The molecule has 1 fully saturated rings. The number of carbonyl (C=O) groups excluding carboxylic acids is 1. The molecule has 1 N–H and O–H groups in total. The normalized spacial score (nSPS) is 18.9. The lowest BCUT2D eigenvalue weighted by Gasteiger charge is -2.31. The second-order valence-corrected chi connectivity index (χ2v) is 5.54. The predicted octanol–water partition coefficient (Wildman–Crippen LogP) is 1.12. The number of hydrogen-bond donors (Lipinski definition) is 1. The number of rotatable bonds is 4. The average molecular weight is 296 g/mol. The molecule has 1 aromatic rings. The van der Waals surface area contributed by atoms with Crippen molar-refractivity contribution in [2.24, 2.45) is 0 Å². The van der Waals surface area contributed by atoms with Crippen LogP contribution in [0.25, 0.3) is 0 Å². The SMILES string of the molecule is CC1CN(C(=O)CSc2ccnc(C(=O)O)c2)CCO1. The molecular formula is C13H16N2O4S. The predicted molar refractivity (Wildman–Crippen MR) is 73.9 cm³/mol. The fourth-order valence-corrected chi connectivity index (χ4v) is 2.72. The van der Waals surface area contributed by atoms with Gasteiger partial charge in [-0.1, -0.05) is 0 Å². The molecule has 0 bridgehead atoms. The van der Waals surface area contributed by atoms with E-state index in [0.717, 1.165) is 4.90 Å². The van der Waals surface area contributed by atoms with E-state index in [9.17, 15) is 9.59 Å². The first-order chi connectivity index (χ1) is 9.56. The summed E-state index contributed by atoms with van der Waals surface area (Å²) in [6.07, 6.45) is 1.50. The summed E-state index contributed by atoms with van der Waals surface area (Å²) in [6.45, 7) is 3.72. The fraction of sp³-hybridized carbons (Fsp3) is 0.462. The number of morpholine rings is 1. The van der Waals surface area contributed by atoms with E-state index < -0.39 is 5.97 Å². The van der Waals surface area contributed by atoms with Crippen LogP contribution < -0.4 is 0 Å². The van der Waals surface area contributed by atoms with Crippen LogP contribution in [-0.4, -0.2) is 58.4 Å². The highest BCUT2D eigenvalue weighted by Crippen LogP contribution is 2.19. The number of thioether (sulfide) groups is 1. The van der Waals surface area contributed by atoms with E-state index in [0.29, 0.717) is 19.7 Å². The molecule has 1 saturated heterocycles. The third-order valence-electron chi connectivity index (χ3n) is 2.91. The highest BCUT2D eigenvalue weighted by atomic mass is 32.2. The Hall–Kier alpha value is -1.60. The lowest BCUT2D eigenvalue weighted by Crippen LogP contribution is -2.45. The Morgan fingerprint density at radius 1 is 1.60 bits per heavy atom.